The summed E-state index contributed by atoms with van der Waals surface area (Å²) in [4.78, 5) is 10.7. The van der Waals surface area contributed by atoms with Gasteiger partial charge in [-0.3, -0.25) is 9.52 Å². The van der Waals surface area contributed by atoms with Crippen molar-refractivity contribution >= 4 is 50.5 Å². The van der Waals surface area contributed by atoms with E-state index in [1.165, 1.54) is 19.9 Å². The van der Waals surface area contributed by atoms with Crippen molar-refractivity contribution in [2.45, 2.75) is 31.8 Å². The van der Waals surface area contributed by atoms with Crippen LogP contribution in [-0.4, -0.2) is 14.3 Å². The van der Waals surface area contributed by atoms with E-state index in [4.69, 9.17) is 23.2 Å². The zero-order chi connectivity index (χ0) is 21.4. The third kappa shape index (κ3) is 4.71. The highest BCUT2D eigenvalue weighted by Gasteiger charge is 2.36. The second kappa shape index (κ2) is 7.81. The maximum Gasteiger partial charge on any atom is 0.418 e. The van der Waals surface area contributed by atoms with Gasteiger partial charge < -0.3 is 5.32 Å². The van der Waals surface area contributed by atoms with Gasteiger partial charge in [0, 0.05) is 17.6 Å². The number of sulfonamides is 1. The number of benzene rings is 2. The van der Waals surface area contributed by atoms with Crippen LogP contribution in [0.25, 0.3) is 0 Å². The van der Waals surface area contributed by atoms with E-state index in [0.29, 0.717) is 11.6 Å². The molecule has 11 heteroatoms. The Labute approximate surface area is 169 Å². The SMILES string of the molecule is CC(=O)Nc1ccc(NS(=O)(=O)c2c(C)c(Cl)cc(C)c2Cl)c(C(F)(F)F)c1. The average molecular weight is 455 g/mol. The van der Waals surface area contributed by atoms with Gasteiger partial charge >= 0.3 is 6.18 Å². The standard InChI is InChI=1S/C17H15Cl2F3N2O3S/c1-8-6-13(18)9(2)16(15(8)19)28(26,27)24-14-5-4-11(23-10(3)25)7-12(14)17(20,21)22/h4-7,24H,1-3H3,(H,23,25). The smallest absolute Gasteiger partial charge is 0.326 e. The lowest BCUT2D eigenvalue weighted by molar-refractivity contribution is -0.136. The van der Waals surface area contributed by atoms with Crippen molar-refractivity contribution < 1.29 is 26.4 Å². The number of anilines is 2. The molecular weight excluding hydrogens is 440 g/mol. The Balaban J connectivity index is 2.60. The highest BCUT2D eigenvalue weighted by atomic mass is 35.5. The van der Waals surface area contributed by atoms with E-state index in [1.54, 1.807) is 0 Å². The van der Waals surface area contributed by atoms with Crippen molar-refractivity contribution in [1.29, 1.82) is 0 Å². The number of rotatable bonds is 4. The van der Waals surface area contributed by atoms with Crippen LogP contribution in [-0.2, 0) is 21.0 Å². The van der Waals surface area contributed by atoms with Crippen molar-refractivity contribution in [2.75, 3.05) is 10.0 Å². The Morgan fingerprint density at radius 3 is 2.25 bits per heavy atom. The Morgan fingerprint density at radius 2 is 1.71 bits per heavy atom. The zero-order valence-electron chi connectivity index (χ0n) is 14.8. The Hall–Kier alpha value is -1.97. The van der Waals surface area contributed by atoms with Crippen LogP contribution in [0.15, 0.2) is 29.2 Å². The molecular formula is C17H15Cl2F3N2O3S. The number of hydrogen-bond donors (Lipinski definition) is 2. The molecule has 152 valence electrons. The van der Waals surface area contributed by atoms with E-state index in [2.05, 4.69) is 5.32 Å². The quantitative estimate of drug-likeness (QED) is 0.650. The summed E-state index contributed by atoms with van der Waals surface area (Å²) in [5, 5.41) is 2.19. The minimum Gasteiger partial charge on any atom is -0.326 e. The predicted molar refractivity (Wildman–Crippen MR) is 102 cm³/mol. The maximum atomic E-state index is 13.4. The third-order valence-corrected chi connectivity index (χ3v) is 6.27. The largest absolute Gasteiger partial charge is 0.418 e. The molecule has 1 amide bonds. The second-order valence-corrected chi connectivity index (χ2v) is 8.39. The molecule has 0 saturated carbocycles. The summed E-state index contributed by atoms with van der Waals surface area (Å²) in [6.45, 7) is 4.05. The van der Waals surface area contributed by atoms with Crippen LogP contribution in [0.4, 0.5) is 24.5 Å². The first-order chi connectivity index (χ1) is 12.7. The summed E-state index contributed by atoms with van der Waals surface area (Å²) in [6, 6.07) is 4.15. The molecule has 2 N–H and O–H groups in total. The molecule has 2 aromatic carbocycles. The number of halogens is 5. The number of carbonyl (C=O) groups excluding carboxylic acids is 1. The fraction of sp³-hybridized carbons (Fsp3) is 0.235. The van der Waals surface area contributed by atoms with Crippen LogP contribution in [0.3, 0.4) is 0 Å². The zero-order valence-corrected chi connectivity index (χ0v) is 17.2. The molecule has 0 aliphatic carbocycles. The highest BCUT2D eigenvalue weighted by molar-refractivity contribution is 7.93. The van der Waals surface area contributed by atoms with Crippen LogP contribution in [0.5, 0.6) is 0 Å². The van der Waals surface area contributed by atoms with Gasteiger partial charge in [0.1, 0.15) is 4.90 Å². The summed E-state index contributed by atoms with van der Waals surface area (Å²) in [5.41, 5.74) is -1.65. The van der Waals surface area contributed by atoms with Crippen molar-refractivity contribution in [3.63, 3.8) is 0 Å². The van der Waals surface area contributed by atoms with Crippen LogP contribution in [0.1, 0.15) is 23.6 Å². The predicted octanol–water partition coefficient (Wildman–Crippen LogP) is 5.39. The number of aryl methyl sites for hydroxylation is 1. The van der Waals surface area contributed by atoms with Crippen LogP contribution >= 0.6 is 23.2 Å². The number of carbonyl (C=O) groups is 1. The first-order valence-corrected chi connectivity index (χ1v) is 9.95. The molecule has 0 heterocycles. The first kappa shape index (κ1) is 22.3. The van der Waals surface area contributed by atoms with Gasteiger partial charge in [0.15, 0.2) is 0 Å². The van der Waals surface area contributed by atoms with E-state index in [9.17, 15) is 26.4 Å². The van der Waals surface area contributed by atoms with Gasteiger partial charge in [0.2, 0.25) is 5.91 Å². The summed E-state index contributed by atoms with van der Waals surface area (Å²) in [7, 11) is -4.49. The van der Waals surface area contributed by atoms with Crippen molar-refractivity contribution in [3.05, 3.63) is 51.0 Å². The van der Waals surface area contributed by atoms with E-state index in [0.717, 1.165) is 19.1 Å². The number of hydrogen-bond acceptors (Lipinski definition) is 3. The molecule has 0 unspecified atom stereocenters. The van der Waals surface area contributed by atoms with Crippen LogP contribution in [0, 0.1) is 13.8 Å². The van der Waals surface area contributed by atoms with Crippen molar-refractivity contribution in [2.24, 2.45) is 0 Å². The van der Waals surface area contributed by atoms with Gasteiger partial charge in [-0.05, 0) is 49.2 Å². The monoisotopic (exact) mass is 454 g/mol. The van der Waals surface area contributed by atoms with E-state index in [1.807, 2.05) is 4.72 Å². The summed E-state index contributed by atoms with van der Waals surface area (Å²) in [6.07, 6.45) is -4.88. The van der Waals surface area contributed by atoms with E-state index >= 15 is 0 Å². The molecule has 5 nitrogen and oxygen atoms in total. The third-order valence-electron chi connectivity index (χ3n) is 3.75. The molecule has 0 fully saturated rings. The summed E-state index contributed by atoms with van der Waals surface area (Å²) in [5.74, 6) is -0.571. The van der Waals surface area contributed by atoms with E-state index < -0.39 is 38.3 Å². The lowest BCUT2D eigenvalue weighted by atomic mass is 10.1. The normalized spacial score (nSPS) is 12.0. The molecule has 0 aliphatic heterocycles. The van der Waals surface area contributed by atoms with Crippen LogP contribution in [0.2, 0.25) is 10.0 Å². The Morgan fingerprint density at radius 1 is 1.11 bits per heavy atom. The second-order valence-electron chi connectivity index (χ2n) is 5.99. The lowest BCUT2D eigenvalue weighted by Gasteiger charge is -2.18. The molecule has 28 heavy (non-hydrogen) atoms. The first-order valence-electron chi connectivity index (χ1n) is 7.71. The van der Waals surface area contributed by atoms with Crippen molar-refractivity contribution in [1.82, 2.24) is 0 Å². The number of nitrogens with one attached hydrogen (secondary N) is 2. The van der Waals surface area contributed by atoms with Gasteiger partial charge in [-0.1, -0.05) is 23.2 Å². The van der Waals surface area contributed by atoms with Gasteiger partial charge in [-0.15, -0.1) is 0 Å². The fourth-order valence-corrected chi connectivity index (χ4v) is 4.77. The highest BCUT2D eigenvalue weighted by Crippen LogP contribution is 2.39. The maximum absolute atomic E-state index is 13.4. The fourth-order valence-electron chi connectivity index (χ4n) is 2.48. The van der Waals surface area contributed by atoms with E-state index in [-0.39, 0.29) is 21.3 Å². The van der Waals surface area contributed by atoms with Gasteiger partial charge in [-0.2, -0.15) is 13.2 Å². The molecule has 2 rings (SSSR count). The minimum absolute atomic E-state index is 0.105. The molecule has 2 aromatic rings. The Bertz CT molecular complexity index is 1030. The molecule has 0 atom stereocenters. The van der Waals surface area contributed by atoms with Crippen LogP contribution < -0.4 is 10.0 Å². The molecule has 0 saturated heterocycles. The Kier molecular flexibility index (Phi) is 6.22. The average Bonchev–Trinajstić information content (AvgIpc) is 2.52. The topological polar surface area (TPSA) is 75.3 Å². The number of alkyl halides is 3. The molecule has 0 spiro atoms. The molecule has 0 aromatic heterocycles. The van der Waals surface area contributed by atoms with Gasteiger partial charge in [0.05, 0.1) is 16.3 Å². The lowest BCUT2D eigenvalue weighted by Crippen LogP contribution is -2.19. The van der Waals surface area contributed by atoms with Crippen molar-refractivity contribution in [3.8, 4) is 0 Å². The molecule has 0 bridgehead atoms. The minimum atomic E-state index is -4.88. The molecule has 0 aliphatic rings. The summed E-state index contributed by atoms with van der Waals surface area (Å²) >= 11 is 12.1. The molecule has 0 radical (unpaired) electrons. The number of amides is 1. The summed E-state index contributed by atoms with van der Waals surface area (Å²) < 4.78 is 67.8. The van der Waals surface area contributed by atoms with Gasteiger partial charge in [0.25, 0.3) is 10.0 Å². The van der Waals surface area contributed by atoms with Gasteiger partial charge in [-0.25, -0.2) is 8.42 Å².